The number of rotatable bonds is 13. The van der Waals surface area contributed by atoms with E-state index in [0.29, 0.717) is 18.7 Å². The van der Waals surface area contributed by atoms with Crippen LogP contribution in [-0.4, -0.2) is 58.8 Å². The summed E-state index contributed by atoms with van der Waals surface area (Å²) in [5.74, 6) is 0.342. The van der Waals surface area contributed by atoms with Crippen LogP contribution in [0.25, 0.3) is 0 Å². The maximum absolute atomic E-state index is 12.4. The summed E-state index contributed by atoms with van der Waals surface area (Å²) in [6.07, 6.45) is -1.81. The smallest absolute Gasteiger partial charge is 0.422 e. The molecule has 9 heteroatoms. The van der Waals surface area contributed by atoms with Gasteiger partial charge in [-0.05, 0) is 55.5 Å². The van der Waals surface area contributed by atoms with E-state index in [-0.39, 0.29) is 24.1 Å². The summed E-state index contributed by atoms with van der Waals surface area (Å²) in [6, 6.07) is 13.0. The largest absolute Gasteiger partial charge is 0.488 e. The van der Waals surface area contributed by atoms with Crippen LogP contribution in [-0.2, 0) is 17.6 Å². The second-order valence-electron chi connectivity index (χ2n) is 8.60. The van der Waals surface area contributed by atoms with E-state index in [4.69, 9.17) is 14.2 Å². The molecule has 0 saturated carbocycles. The van der Waals surface area contributed by atoms with Gasteiger partial charge in [-0.15, -0.1) is 0 Å². The number of anilines is 1. The molecule has 1 aliphatic rings. The average Bonchev–Trinajstić information content (AvgIpc) is 3.23. The zero-order valence-corrected chi connectivity index (χ0v) is 20.2. The fraction of sp³-hybridized carbons (Fsp3) is 0.500. The Kier molecular flexibility index (Phi) is 9.64. The molecule has 0 amide bonds. The summed E-state index contributed by atoms with van der Waals surface area (Å²) in [6.45, 7) is 3.97. The Morgan fingerprint density at radius 2 is 1.89 bits per heavy atom. The number of alkyl halides is 3. The molecule has 0 fully saturated rings. The topological polar surface area (TPSA) is 66.8 Å². The first kappa shape index (κ1) is 26.6. The summed E-state index contributed by atoms with van der Waals surface area (Å²) in [4.78, 5) is 2.27. The number of hydrogen-bond donors (Lipinski definition) is 1. The van der Waals surface area contributed by atoms with Gasteiger partial charge in [0.15, 0.2) is 18.1 Å². The van der Waals surface area contributed by atoms with Crippen molar-refractivity contribution in [3.05, 3.63) is 53.1 Å². The normalized spacial score (nSPS) is 13.9. The minimum atomic E-state index is -4.41. The van der Waals surface area contributed by atoms with Gasteiger partial charge in [0.25, 0.3) is 0 Å². The standard InChI is InChI=1S/C26H32F3N3O3/c1-19(31-9-13-34-23-6-3-4-7-24(23)35-18-26(27,28)29)14-20-15-21-8-11-32(10-5-12-33-2)25(21)22(16-20)17-30/h3-4,6-7,15-16,19,31H,5,8-14,18H2,1-2H3/t19-/m1/s1. The number of hydrogen-bond acceptors (Lipinski definition) is 6. The van der Waals surface area contributed by atoms with Crippen molar-refractivity contribution < 1.29 is 27.4 Å². The van der Waals surface area contributed by atoms with Crippen molar-refractivity contribution in [2.24, 2.45) is 0 Å². The maximum Gasteiger partial charge on any atom is 0.422 e. The molecule has 35 heavy (non-hydrogen) atoms. The predicted molar refractivity (Wildman–Crippen MR) is 128 cm³/mol. The molecule has 6 nitrogen and oxygen atoms in total. The molecule has 1 atom stereocenters. The van der Waals surface area contributed by atoms with Crippen LogP contribution in [0.2, 0.25) is 0 Å². The lowest BCUT2D eigenvalue weighted by atomic mass is 9.99. The molecule has 0 aromatic heterocycles. The van der Waals surface area contributed by atoms with Gasteiger partial charge in [-0.25, -0.2) is 0 Å². The van der Waals surface area contributed by atoms with E-state index in [0.717, 1.165) is 43.6 Å². The summed E-state index contributed by atoms with van der Waals surface area (Å²) in [5, 5.41) is 13.1. The first-order valence-corrected chi connectivity index (χ1v) is 11.7. The van der Waals surface area contributed by atoms with Crippen molar-refractivity contribution in [1.29, 1.82) is 5.26 Å². The maximum atomic E-state index is 12.4. The SMILES string of the molecule is COCCCN1CCc2cc(C[C@@H](C)NCCOc3ccccc3OCC(F)(F)F)cc(C#N)c21. The lowest BCUT2D eigenvalue weighted by Crippen LogP contribution is -2.32. The molecule has 0 radical (unpaired) electrons. The number of benzene rings is 2. The second-order valence-corrected chi connectivity index (χ2v) is 8.60. The molecule has 1 heterocycles. The van der Waals surface area contributed by atoms with Gasteiger partial charge in [0.05, 0.1) is 11.3 Å². The summed E-state index contributed by atoms with van der Waals surface area (Å²) in [5.41, 5.74) is 4.07. The van der Waals surface area contributed by atoms with Gasteiger partial charge in [-0.2, -0.15) is 18.4 Å². The van der Waals surface area contributed by atoms with Crippen LogP contribution in [0, 0.1) is 11.3 Å². The summed E-state index contributed by atoms with van der Waals surface area (Å²) < 4.78 is 53.0. The van der Waals surface area contributed by atoms with E-state index >= 15 is 0 Å². The van der Waals surface area contributed by atoms with E-state index < -0.39 is 12.8 Å². The van der Waals surface area contributed by atoms with E-state index in [1.54, 1.807) is 25.3 Å². The van der Waals surface area contributed by atoms with Crippen molar-refractivity contribution in [3.8, 4) is 17.6 Å². The molecule has 1 aliphatic heterocycles. The van der Waals surface area contributed by atoms with E-state index in [1.807, 2.05) is 6.07 Å². The third-order valence-electron chi connectivity index (χ3n) is 5.75. The van der Waals surface area contributed by atoms with Gasteiger partial charge >= 0.3 is 6.18 Å². The molecular formula is C26H32F3N3O3. The quantitative estimate of drug-likeness (QED) is 0.417. The van der Waals surface area contributed by atoms with Crippen molar-refractivity contribution in [2.45, 2.75) is 38.4 Å². The summed E-state index contributed by atoms with van der Waals surface area (Å²) in [7, 11) is 1.69. The van der Waals surface area contributed by atoms with Gasteiger partial charge in [0, 0.05) is 39.4 Å². The van der Waals surface area contributed by atoms with Crippen LogP contribution in [0.3, 0.4) is 0 Å². The monoisotopic (exact) mass is 491 g/mol. The van der Waals surface area contributed by atoms with Crippen molar-refractivity contribution in [3.63, 3.8) is 0 Å². The number of para-hydroxylation sites is 2. The zero-order chi connectivity index (χ0) is 25.3. The minimum absolute atomic E-state index is 0.0660. The third-order valence-corrected chi connectivity index (χ3v) is 5.75. The van der Waals surface area contributed by atoms with E-state index in [1.165, 1.54) is 11.6 Å². The Balaban J connectivity index is 1.50. The Bertz CT molecular complexity index is 1010. The minimum Gasteiger partial charge on any atom is -0.488 e. The molecule has 1 N–H and O–H groups in total. The highest BCUT2D eigenvalue weighted by Crippen LogP contribution is 2.33. The molecule has 3 rings (SSSR count). The highest BCUT2D eigenvalue weighted by Gasteiger charge is 2.29. The van der Waals surface area contributed by atoms with Crippen LogP contribution in [0.4, 0.5) is 18.9 Å². The molecule has 0 bridgehead atoms. The van der Waals surface area contributed by atoms with Crippen LogP contribution in [0.5, 0.6) is 11.5 Å². The Hall–Kier alpha value is -2.96. The van der Waals surface area contributed by atoms with Gasteiger partial charge in [0.1, 0.15) is 12.7 Å². The van der Waals surface area contributed by atoms with Gasteiger partial charge in [-0.1, -0.05) is 18.2 Å². The molecule has 0 saturated heterocycles. The fourth-order valence-electron chi connectivity index (χ4n) is 4.26. The van der Waals surface area contributed by atoms with Gasteiger partial charge in [-0.3, -0.25) is 0 Å². The first-order chi connectivity index (χ1) is 16.8. The molecule has 0 spiro atoms. The number of fused-ring (bicyclic) bond motifs is 1. The van der Waals surface area contributed by atoms with Crippen LogP contribution < -0.4 is 19.7 Å². The Labute approximate surface area is 204 Å². The summed E-state index contributed by atoms with van der Waals surface area (Å²) >= 11 is 0. The predicted octanol–water partition coefficient (Wildman–Crippen LogP) is 4.50. The van der Waals surface area contributed by atoms with E-state index in [2.05, 4.69) is 29.3 Å². The number of nitriles is 1. The molecule has 2 aromatic carbocycles. The molecule has 0 aliphatic carbocycles. The fourth-order valence-corrected chi connectivity index (χ4v) is 4.26. The zero-order valence-electron chi connectivity index (χ0n) is 20.2. The number of halogens is 3. The van der Waals surface area contributed by atoms with Crippen LogP contribution in [0.1, 0.15) is 30.0 Å². The molecule has 190 valence electrons. The first-order valence-electron chi connectivity index (χ1n) is 11.7. The van der Waals surface area contributed by atoms with Crippen LogP contribution >= 0.6 is 0 Å². The Morgan fingerprint density at radius 1 is 1.14 bits per heavy atom. The lowest BCUT2D eigenvalue weighted by molar-refractivity contribution is -0.153. The average molecular weight is 492 g/mol. The number of ether oxygens (including phenoxy) is 3. The third kappa shape index (κ3) is 8.05. The highest BCUT2D eigenvalue weighted by molar-refractivity contribution is 5.68. The highest BCUT2D eigenvalue weighted by atomic mass is 19.4. The van der Waals surface area contributed by atoms with Gasteiger partial charge in [0.2, 0.25) is 0 Å². The van der Waals surface area contributed by atoms with Crippen molar-refractivity contribution >= 4 is 5.69 Å². The molecule has 2 aromatic rings. The molecular weight excluding hydrogens is 459 g/mol. The van der Waals surface area contributed by atoms with Gasteiger partial charge < -0.3 is 24.4 Å². The lowest BCUT2D eigenvalue weighted by Gasteiger charge is -2.21. The van der Waals surface area contributed by atoms with Crippen molar-refractivity contribution in [2.75, 3.05) is 51.5 Å². The Morgan fingerprint density at radius 3 is 2.57 bits per heavy atom. The van der Waals surface area contributed by atoms with Crippen LogP contribution in [0.15, 0.2) is 36.4 Å². The van der Waals surface area contributed by atoms with E-state index in [9.17, 15) is 18.4 Å². The van der Waals surface area contributed by atoms with Crippen molar-refractivity contribution in [1.82, 2.24) is 5.32 Å². The number of nitrogens with zero attached hydrogens (tertiary/aromatic N) is 2. The number of nitrogens with one attached hydrogen (secondary N) is 1. The second kappa shape index (κ2) is 12.7. The molecule has 0 unspecified atom stereocenters. The number of methoxy groups -OCH3 is 1.